The maximum Gasteiger partial charge on any atom is 0.322 e. The van der Waals surface area contributed by atoms with Crippen LogP contribution in [0.1, 0.15) is 35.7 Å². The fraction of sp³-hybridized carbons (Fsp3) is 0.211. The number of aromatic nitrogens is 2. The van der Waals surface area contributed by atoms with Crippen LogP contribution in [0, 0.1) is 5.82 Å². The number of nitrogens with one attached hydrogen (secondary N) is 1. The maximum atomic E-state index is 12.9. The number of anilines is 1. The van der Waals surface area contributed by atoms with Crippen molar-refractivity contribution in [2.45, 2.75) is 26.4 Å². The quantitative estimate of drug-likeness (QED) is 0.727. The zero-order chi connectivity index (χ0) is 18.5. The van der Waals surface area contributed by atoms with Gasteiger partial charge in [-0.1, -0.05) is 17.2 Å². The predicted molar refractivity (Wildman–Crippen MR) is 93.7 cm³/mol. The number of rotatable bonds is 6. The molecule has 0 saturated carbocycles. The molecule has 1 heterocycles. The van der Waals surface area contributed by atoms with Crippen molar-refractivity contribution in [3.63, 3.8) is 0 Å². The summed E-state index contributed by atoms with van der Waals surface area (Å²) in [6, 6.07) is 12.8. The molecule has 0 unspecified atom stereocenters. The Balaban J connectivity index is 1.61. The van der Waals surface area contributed by atoms with Crippen molar-refractivity contribution in [1.29, 1.82) is 0 Å². The molecule has 0 aliphatic rings. The van der Waals surface area contributed by atoms with Gasteiger partial charge in [-0.05, 0) is 55.8 Å². The smallest absolute Gasteiger partial charge is 0.322 e. The lowest BCUT2D eigenvalue weighted by Gasteiger charge is -2.09. The zero-order valence-corrected chi connectivity index (χ0v) is 14.4. The van der Waals surface area contributed by atoms with E-state index in [1.54, 1.807) is 36.4 Å². The van der Waals surface area contributed by atoms with Gasteiger partial charge in [0.15, 0.2) is 0 Å². The highest BCUT2D eigenvalue weighted by Crippen LogP contribution is 2.16. The molecule has 0 spiro atoms. The summed E-state index contributed by atoms with van der Waals surface area (Å²) >= 11 is 0. The average Bonchev–Trinajstić information content (AvgIpc) is 3.04. The maximum absolute atomic E-state index is 12.9. The fourth-order valence-electron chi connectivity index (χ4n) is 2.28. The van der Waals surface area contributed by atoms with Crippen LogP contribution in [-0.4, -0.2) is 22.2 Å². The van der Waals surface area contributed by atoms with Gasteiger partial charge in [-0.25, -0.2) is 4.39 Å². The molecular weight excluding hydrogens is 337 g/mol. The lowest BCUT2D eigenvalue weighted by molar-refractivity contribution is 0.102. The fourth-order valence-corrected chi connectivity index (χ4v) is 2.28. The molecule has 1 aromatic heterocycles. The molecule has 1 amide bonds. The van der Waals surface area contributed by atoms with E-state index in [1.165, 1.54) is 12.1 Å². The Morgan fingerprint density at radius 2 is 1.81 bits per heavy atom. The summed E-state index contributed by atoms with van der Waals surface area (Å²) in [5.41, 5.74) is 1.27. The van der Waals surface area contributed by atoms with Gasteiger partial charge in [0.1, 0.15) is 11.6 Å². The summed E-state index contributed by atoms with van der Waals surface area (Å²) < 4.78 is 23.9. The molecule has 0 saturated heterocycles. The molecule has 7 heteroatoms. The van der Waals surface area contributed by atoms with E-state index in [0.717, 1.165) is 5.56 Å². The third-order valence-electron chi connectivity index (χ3n) is 3.44. The summed E-state index contributed by atoms with van der Waals surface area (Å²) in [6.45, 7) is 3.86. The number of nitrogens with zero attached hydrogens (tertiary/aromatic N) is 2. The largest absolute Gasteiger partial charge is 0.491 e. The zero-order valence-electron chi connectivity index (χ0n) is 14.4. The van der Waals surface area contributed by atoms with Crippen molar-refractivity contribution in [3.8, 4) is 5.75 Å². The molecule has 0 fully saturated rings. The second-order valence-electron chi connectivity index (χ2n) is 5.95. The molecule has 0 aliphatic heterocycles. The topological polar surface area (TPSA) is 77.2 Å². The van der Waals surface area contributed by atoms with Gasteiger partial charge in [0.25, 0.3) is 5.91 Å². The van der Waals surface area contributed by atoms with Crippen LogP contribution in [0.4, 0.5) is 10.4 Å². The van der Waals surface area contributed by atoms with E-state index in [1.807, 2.05) is 13.8 Å². The number of hydrogen-bond acceptors (Lipinski definition) is 5. The molecule has 0 radical (unpaired) electrons. The van der Waals surface area contributed by atoms with Gasteiger partial charge in [-0.2, -0.15) is 0 Å². The summed E-state index contributed by atoms with van der Waals surface area (Å²) in [5.74, 6) is 0.346. The van der Waals surface area contributed by atoms with Gasteiger partial charge in [-0.3, -0.25) is 10.1 Å². The minimum atomic E-state index is -0.363. The Morgan fingerprint density at radius 3 is 2.46 bits per heavy atom. The van der Waals surface area contributed by atoms with Crippen LogP contribution < -0.4 is 10.1 Å². The molecule has 6 nitrogen and oxygen atoms in total. The number of carbonyl (C=O) groups excluding carboxylic acids is 1. The SMILES string of the molecule is CC(C)Oc1ccc(C(=O)Nc2nnc(Cc3ccc(F)cc3)o2)cc1. The highest BCUT2D eigenvalue weighted by molar-refractivity contribution is 6.03. The summed E-state index contributed by atoms with van der Waals surface area (Å²) in [5, 5.41) is 10.2. The van der Waals surface area contributed by atoms with E-state index in [2.05, 4.69) is 15.5 Å². The first-order valence-electron chi connectivity index (χ1n) is 8.14. The van der Waals surface area contributed by atoms with Gasteiger partial charge in [0, 0.05) is 5.56 Å². The van der Waals surface area contributed by atoms with Crippen molar-refractivity contribution >= 4 is 11.9 Å². The second-order valence-corrected chi connectivity index (χ2v) is 5.95. The Kier molecular flexibility index (Phi) is 5.26. The number of ether oxygens (including phenoxy) is 1. The predicted octanol–water partition coefficient (Wildman–Crippen LogP) is 3.84. The Morgan fingerprint density at radius 1 is 1.12 bits per heavy atom. The van der Waals surface area contributed by atoms with Gasteiger partial charge >= 0.3 is 6.01 Å². The Labute approximate surface area is 150 Å². The van der Waals surface area contributed by atoms with Crippen LogP contribution in [0.2, 0.25) is 0 Å². The number of halogens is 1. The first-order valence-corrected chi connectivity index (χ1v) is 8.14. The van der Waals surface area contributed by atoms with Crippen molar-refractivity contribution in [1.82, 2.24) is 10.2 Å². The molecule has 0 atom stereocenters. The molecular formula is C19H18FN3O3. The monoisotopic (exact) mass is 355 g/mol. The second kappa shape index (κ2) is 7.77. The van der Waals surface area contributed by atoms with Crippen molar-refractivity contribution in [3.05, 3.63) is 71.4 Å². The molecule has 0 aliphatic carbocycles. The van der Waals surface area contributed by atoms with Gasteiger partial charge < -0.3 is 9.15 Å². The van der Waals surface area contributed by atoms with Crippen LogP contribution in [-0.2, 0) is 6.42 Å². The Bertz CT molecular complexity index is 874. The number of hydrogen-bond donors (Lipinski definition) is 1. The molecule has 134 valence electrons. The van der Waals surface area contributed by atoms with Crippen LogP contribution in [0.15, 0.2) is 52.9 Å². The number of amides is 1. The molecule has 26 heavy (non-hydrogen) atoms. The minimum Gasteiger partial charge on any atom is -0.491 e. The van der Waals surface area contributed by atoms with Crippen molar-refractivity contribution < 1.29 is 18.3 Å². The summed E-state index contributed by atoms with van der Waals surface area (Å²) in [7, 11) is 0. The van der Waals surface area contributed by atoms with Gasteiger partial charge in [-0.15, -0.1) is 5.10 Å². The van der Waals surface area contributed by atoms with Crippen molar-refractivity contribution in [2.24, 2.45) is 0 Å². The van der Waals surface area contributed by atoms with Crippen LogP contribution in [0.3, 0.4) is 0 Å². The van der Waals surface area contributed by atoms with E-state index >= 15 is 0 Å². The first kappa shape index (κ1) is 17.6. The van der Waals surface area contributed by atoms with E-state index < -0.39 is 0 Å². The third-order valence-corrected chi connectivity index (χ3v) is 3.44. The van der Waals surface area contributed by atoms with Crippen LogP contribution >= 0.6 is 0 Å². The highest BCUT2D eigenvalue weighted by atomic mass is 19.1. The third kappa shape index (κ3) is 4.66. The van der Waals surface area contributed by atoms with Crippen LogP contribution in [0.5, 0.6) is 5.75 Å². The Hall–Kier alpha value is -3.22. The van der Waals surface area contributed by atoms with E-state index in [0.29, 0.717) is 23.6 Å². The van der Waals surface area contributed by atoms with E-state index in [-0.39, 0.29) is 23.8 Å². The lowest BCUT2D eigenvalue weighted by atomic mass is 10.1. The van der Waals surface area contributed by atoms with E-state index in [4.69, 9.17) is 9.15 Å². The normalized spacial score (nSPS) is 10.8. The molecule has 3 aromatic rings. The number of benzene rings is 2. The van der Waals surface area contributed by atoms with Gasteiger partial charge in [0.2, 0.25) is 5.89 Å². The minimum absolute atomic E-state index is 0.00891. The molecule has 0 bridgehead atoms. The summed E-state index contributed by atoms with van der Waals surface area (Å²) in [4.78, 5) is 12.2. The standard InChI is InChI=1S/C19H18FN3O3/c1-12(2)25-16-9-5-14(6-10-16)18(24)21-19-23-22-17(26-19)11-13-3-7-15(20)8-4-13/h3-10,12H,11H2,1-2H3,(H,21,23,24). The molecule has 3 rings (SSSR count). The lowest BCUT2D eigenvalue weighted by Crippen LogP contribution is -2.12. The summed E-state index contributed by atoms with van der Waals surface area (Å²) in [6.07, 6.45) is 0.414. The van der Waals surface area contributed by atoms with Crippen LogP contribution in [0.25, 0.3) is 0 Å². The first-order chi connectivity index (χ1) is 12.5. The molecule has 1 N–H and O–H groups in total. The molecule has 2 aromatic carbocycles. The van der Waals surface area contributed by atoms with E-state index in [9.17, 15) is 9.18 Å². The number of carbonyl (C=O) groups is 1. The van der Waals surface area contributed by atoms with Crippen molar-refractivity contribution in [2.75, 3.05) is 5.32 Å². The highest BCUT2D eigenvalue weighted by Gasteiger charge is 2.12. The average molecular weight is 355 g/mol. The van der Waals surface area contributed by atoms with Gasteiger partial charge in [0.05, 0.1) is 12.5 Å².